The van der Waals surface area contributed by atoms with Crippen LogP contribution in [0.2, 0.25) is 0 Å². The third kappa shape index (κ3) is 4.19. The van der Waals surface area contributed by atoms with Crippen molar-refractivity contribution < 1.29 is 14.3 Å². The maximum atomic E-state index is 12.1. The van der Waals surface area contributed by atoms with Crippen molar-refractivity contribution in [3.63, 3.8) is 0 Å². The second kappa shape index (κ2) is 7.41. The number of carbonyl (C=O) groups is 2. The number of esters is 1. The summed E-state index contributed by atoms with van der Waals surface area (Å²) in [4.78, 5) is 23.8. The Labute approximate surface area is 130 Å². The largest absolute Gasteiger partial charge is 0.462 e. The summed E-state index contributed by atoms with van der Waals surface area (Å²) in [6.45, 7) is 4.32. The molecule has 1 N–H and O–H groups in total. The van der Waals surface area contributed by atoms with Gasteiger partial charge < -0.3 is 10.1 Å². The highest BCUT2D eigenvalue weighted by molar-refractivity contribution is 6.04. The summed E-state index contributed by atoms with van der Waals surface area (Å²) in [5.74, 6) is -0.528. The Balaban J connectivity index is 2.00. The molecule has 1 amide bonds. The molecule has 0 spiro atoms. The van der Waals surface area contributed by atoms with E-state index in [1.165, 1.54) is 0 Å². The number of hydrogen-bond donors (Lipinski definition) is 1. The van der Waals surface area contributed by atoms with Crippen LogP contribution in [0, 0.1) is 6.92 Å². The zero-order chi connectivity index (χ0) is 15.9. The van der Waals surface area contributed by atoms with Crippen LogP contribution < -0.4 is 5.32 Å². The summed E-state index contributed by atoms with van der Waals surface area (Å²) in [7, 11) is 0. The first kappa shape index (κ1) is 15.8. The molecule has 0 unspecified atom stereocenters. The Morgan fingerprint density at radius 2 is 1.55 bits per heavy atom. The number of hydrogen-bond acceptors (Lipinski definition) is 3. The fraction of sp³-hybridized carbons (Fsp3) is 0.222. The molecule has 4 heteroatoms. The average Bonchev–Trinajstić information content (AvgIpc) is 2.54. The van der Waals surface area contributed by atoms with Gasteiger partial charge in [0.1, 0.15) is 0 Å². The van der Waals surface area contributed by atoms with Gasteiger partial charge in [-0.15, -0.1) is 0 Å². The van der Waals surface area contributed by atoms with Crippen LogP contribution in [0.5, 0.6) is 0 Å². The summed E-state index contributed by atoms with van der Waals surface area (Å²) in [5.41, 5.74) is 2.81. The zero-order valence-electron chi connectivity index (χ0n) is 12.8. The van der Waals surface area contributed by atoms with Gasteiger partial charge in [0.05, 0.1) is 12.2 Å². The van der Waals surface area contributed by atoms with Gasteiger partial charge in [0, 0.05) is 11.3 Å². The lowest BCUT2D eigenvalue weighted by Gasteiger charge is -2.07. The van der Waals surface area contributed by atoms with Crippen LogP contribution in [0.15, 0.2) is 48.5 Å². The zero-order valence-corrected chi connectivity index (χ0v) is 12.8. The highest BCUT2D eigenvalue weighted by atomic mass is 16.5. The molecule has 2 aromatic rings. The van der Waals surface area contributed by atoms with Gasteiger partial charge in [-0.05, 0) is 49.7 Å². The Bertz CT molecular complexity index is 645. The first-order valence-corrected chi connectivity index (χ1v) is 7.25. The second-order valence-corrected chi connectivity index (χ2v) is 5.03. The molecule has 0 bridgehead atoms. The molecule has 22 heavy (non-hydrogen) atoms. The number of rotatable bonds is 5. The van der Waals surface area contributed by atoms with Crippen LogP contribution in [0.3, 0.4) is 0 Å². The fourth-order valence-electron chi connectivity index (χ4n) is 1.88. The molecule has 2 aromatic carbocycles. The smallest absolute Gasteiger partial charge is 0.338 e. The van der Waals surface area contributed by atoms with E-state index in [-0.39, 0.29) is 11.9 Å². The molecule has 0 fully saturated rings. The van der Waals surface area contributed by atoms with E-state index in [0.717, 1.165) is 12.0 Å². The van der Waals surface area contributed by atoms with E-state index in [9.17, 15) is 9.59 Å². The maximum Gasteiger partial charge on any atom is 0.338 e. The van der Waals surface area contributed by atoms with Crippen molar-refractivity contribution >= 4 is 17.6 Å². The summed E-state index contributed by atoms with van der Waals surface area (Å²) >= 11 is 0. The van der Waals surface area contributed by atoms with Crippen molar-refractivity contribution in [3.05, 3.63) is 65.2 Å². The number of carbonyl (C=O) groups excluding carboxylic acids is 2. The van der Waals surface area contributed by atoms with E-state index in [0.29, 0.717) is 23.4 Å². The number of anilines is 1. The Hall–Kier alpha value is -2.62. The quantitative estimate of drug-likeness (QED) is 0.854. The van der Waals surface area contributed by atoms with E-state index in [1.54, 1.807) is 36.4 Å². The molecule has 0 aliphatic rings. The number of aryl methyl sites for hydroxylation is 1. The number of nitrogens with one attached hydrogen (secondary N) is 1. The minimum atomic E-state index is -0.349. The minimum Gasteiger partial charge on any atom is -0.462 e. The van der Waals surface area contributed by atoms with Crippen LogP contribution in [0.1, 0.15) is 39.6 Å². The van der Waals surface area contributed by atoms with Crippen molar-refractivity contribution in [2.45, 2.75) is 20.3 Å². The van der Waals surface area contributed by atoms with Crippen LogP contribution in [0.4, 0.5) is 5.69 Å². The summed E-state index contributed by atoms with van der Waals surface area (Å²) < 4.78 is 5.05. The molecule has 4 nitrogen and oxygen atoms in total. The monoisotopic (exact) mass is 297 g/mol. The summed E-state index contributed by atoms with van der Waals surface area (Å²) in [6.07, 6.45) is 0.788. The van der Waals surface area contributed by atoms with E-state index < -0.39 is 0 Å². The van der Waals surface area contributed by atoms with Crippen molar-refractivity contribution in [1.29, 1.82) is 0 Å². The molecule has 0 aromatic heterocycles. The first-order valence-electron chi connectivity index (χ1n) is 7.25. The highest BCUT2D eigenvalue weighted by Crippen LogP contribution is 2.13. The molecule has 0 aliphatic carbocycles. The Morgan fingerprint density at radius 3 is 2.14 bits per heavy atom. The molecule has 0 heterocycles. The Morgan fingerprint density at radius 1 is 0.955 bits per heavy atom. The van der Waals surface area contributed by atoms with Crippen LogP contribution in [0.25, 0.3) is 0 Å². The van der Waals surface area contributed by atoms with Crippen molar-refractivity contribution in [1.82, 2.24) is 0 Å². The van der Waals surface area contributed by atoms with Crippen LogP contribution >= 0.6 is 0 Å². The van der Waals surface area contributed by atoms with Gasteiger partial charge in [-0.2, -0.15) is 0 Å². The van der Waals surface area contributed by atoms with E-state index >= 15 is 0 Å². The predicted molar refractivity (Wildman–Crippen MR) is 86.1 cm³/mol. The van der Waals surface area contributed by atoms with Crippen molar-refractivity contribution in [2.75, 3.05) is 11.9 Å². The third-order valence-corrected chi connectivity index (χ3v) is 3.13. The van der Waals surface area contributed by atoms with Gasteiger partial charge >= 0.3 is 5.97 Å². The van der Waals surface area contributed by atoms with Gasteiger partial charge in [0.25, 0.3) is 5.91 Å². The van der Waals surface area contributed by atoms with Gasteiger partial charge in [0.2, 0.25) is 0 Å². The summed E-state index contributed by atoms with van der Waals surface area (Å²) in [6, 6.07) is 14.0. The van der Waals surface area contributed by atoms with Gasteiger partial charge in [0.15, 0.2) is 0 Å². The maximum absolute atomic E-state index is 12.1. The molecular formula is C18H19NO3. The predicted octanol–water partition coefficient (Wildman–Crippen LogP) is 3.81. The van der Waals surface area contributed by atoms with Gasteiger partial charge in [-0.25, -0.2) is 4.79 Å². The first-order chi connectivity index (χ1) is 10.6. The number of benzene rings is 2. The van der Waals surface area contributed by atoms with Crippen molar-refractivity contribution in [3.8, 4) is 0 Å². The van der Waals surface area contributed by atoms with E-state index in [4.69, 9.17) is 4.74 Å². The minimum absolute atomic E-state index is 0.179. The lowest BCUT2D eigenvalue weighted by molar-refractivity contribution is 0.0505. The molecule has 114 valence electrons. The van der Waals surface area contributed by atoms with Gasteiger partial charge in [-0.1, -0.05) is 24.6 Å². The molecule has 2 rings (SSSR count). The molecular weight excluding hydrogens is 278 g/mol. The second-order valence-electron chi connectivity index (χ2n) is 5.03. The SMILES string of the molecule is CCCOC(=O)c1ccc(NC(=O)c2ccc(C)cc2)cc1. The number of ether oxygens (including phenoxy) is 1. The highest BCUT2D eigenvalue weighted by Gasteiger charge is 2.08. The molecule has 0 aliphatic heterocycles. The van der Waals surface area contributed by atoms with Gasteiger partial charge in [-0.3, -0.25) is 4.79 Å². The molecule has 0 saturated heterocycles. The van der Waals surface area contributed by atoms with Crippen LogP contribution in [-0.4, -0.2) is 18.5 Å². The topological polar surface area (TPSA) is 55.4 Å². The molecule has 0 atom stereocenters. The standard InChI is InChI=1S/C18H19NO3/c1-3-12-22-18(21)15-8-10-16(11-9-15)19-17(20)14-6-4-13(2)5-7-14/h4-11H,3,12H2,1-2H3,(H,19,20). The third-order valence-electron chi connectivity index (χ3n) is 3.13. The summed E-state index contributed by atoms with van der Waals surface area (Å²) in [5, 5.41) is 2.80. The fourth-order valence-corrected chi connectivity index (χ4v) is 1.88. The van der Waals surface area contributed by atoms with E-state index in [2.05, 4.69) is 5.32 Å². The number of amides is 1. The average molecular weight is 297 g/mol. The lowest BCUT2D eigenvalue weighted by atomic mass is 10.1. The lowest BCUT2D eigenvalue weighted by Crippen LogP contribution is -2.12. The Kier molecular flexibility index (Phi) is 5.31. The van der Waals surface area contributed by atoms with E-state index in [1.807, 2.05) is 26.0 Å². The molecule has 0 radical (unpaired) electrons. The van der Waals surface area contributed by atoms with Crippen molar-refractivity contribution in [2.24, 2.45) is 0 Å². The van der Waals surface area contributed by atoms with Crippen LogP contribution in [-0.2, 0) is 4.74 Å². The normalized spacial score (nSPS) is 10.1. The molecule has 0 saturated carbocycles.